The van der Waals surface area contributed by atoms with Crippen LogP contribution in [0.4, 0.5) is 0 Å². The highest BCUT2D eigenvalue weighted by atomic mass is 35.5. The average molecular weight is 343 g/mol. The fourth-order valence-electron chi connectivity index (χ4n) is 2.43. The van der Waals surface area contributed by atoms with Gasteiger partial charge in [0.25, 0.3) is 0 Å². The monoisotopic (exact) mass is 341 g/mol. The number of benzene rings is 2. The SMILES string of the molecule is CCNC(Cc1cccc(Cl)c1)Cc1cccc(Cl)c1Cl. The average Bonchev–Trinajstić information content (AvgIpc) is 2.44. The lowest BCUT2D eigenvalue weighted by atomic mass is 9.99. The van der Waals surface area contributed by atoms with Crippen LogP contribution in [0.15, 0.2) is 42.5 Å². The molecule has 0 amide bonds. The van der Waals surface area contributed by atoms with Gasteiger partial charge in [-0.2, -0.15) is 0 Å². The van der Waals surface area contributed by atoms with E-state index >= 15 is 0 Å². The fourth-order valence-corrected chi connectivity index (χ4v) is 3.04. The smallest absolute Gasteiger partial charge is 0.0624 e. The van der Waals surface area contributed by atoms with E-state index in [9.17, 15) is 0 Å². The second-order valence-electron chi connectivity index (χ2n) is 5.01. The van der Waals surface area contributed by atoms with Gasteiger partial charge in [0.1, 0.15) is 0 Å². The predicted molar refractivity (Wildman–Crippen MR) is 92.8 cm³/mol. The van der Waals surface area contributed by atoms with Gasteiger partial charge in [-0.25, -0.2) is 0 Å². The summed E-state index contributed by atoms with van der Waals surface area (Å²) in [6.07, 6.45) is 1.73. The molecule has 1 nitrogen and oxygen atoms in total. The van der Waals surface area contributed by atoms with Gasteiger partial charge >= 0.3 is 0 Å². The number of nitrogens with one attached hydrogen (secondary N) is 1. The van der Waals surface area contributed by atoms with Crippen molar-refractivity contribution in [2.45, 2.75) is 25.8 Å². The first kappa shape index (κ1) is 16.6. The molecule has 1 unspecified atom stereocenters. The summed E-state index contributed by atoms with van der Waals surface area (Å²) in [7, 11) is 0. The van der Waals surface area contributed by atoms with Crippen molar-refractivity contribution in [1.82, 2.24) is 5.32 Å². The molecule has 0 aliphatic carbocycles. The molecule has 21 heavy (non-hydrogen) atoms. The molecule has 0 aliphatic heterocycles. The van der Waals surface area contributed by atoms with Crippen LogP contribution < -0.4 is 5.32 Å². The molecular weight excluding hydrogens is 325 g/mol. The molecule has 2 aromatic rings. The maximum absolute atomic E-state index is 6.28. The van der Waals surface area contributed by atoms with E-state index in [2.05, 4.69) is 18.3 Å². The Hall–Kier alpha value is -0.730. The highest BCUT2D eigenvalue weighted by Gasteiger charge is 2.13. The van der Waals surface area contributed by atoms with E-state index < -0.39 is 0 Å². The molecular formula is C17H18Cl3N. The molecule has 2 rings (SSSR count). The largest absolute Gasteiger partial charge is 0.314 e. The summed E-state index contributed by atoms with van der Waals surface area (Å²) in [4.78, 5) is 0. The van der Waals surface area contributed by atoms with Crippen LogP contribution in [-0.2, 0) is 12.8 Å². The first-order valence-electron chi connectivity index (χ1n) is 7.01. The molecule has 1 N–H and O–H groups in total. The van der Waals surface area contributed by atoms with Crippen LogP contribution in [0.3, 0.4) is 0 Å². The van der Waals surface area contributed by atoms with E-state index in [-0.39, 0.29) is 0 Å². The van der Waals surface area contributed by atoms with Crippen LogP contribution in [0.5, 0.6) is 0 Å². The van der Waals surface area contributed by atoms with Crippen LogP contribution in [-0.4, -0.2) is 12.6 Å². The Balaban J connectivity index is 2.13. The molecule has 0 aliphatic rings. The van der Waals surface area contributed by atoms with Gasteiger partial charge in [-0.3, -0.25) is 0 Å². The minimum atomic E-state index is 0.296. The van der Waals surface area contributed by atoms with Gasteiger partial charge in [-0.15, -0.1) is 0 Å². The summed E-state index contributed by atoms with van der Waals surface area (Å²) in [5.74, 6) is 0. The summed E-state index contributed by atoms with van der Waals surface area (Å²) in [6.45, 7) is 3.01. The van der Waals surface area contributed by atoms with E-state index in [0.29, 0.717) is 16.1 Å². The van der Waals surface area contributed by atoms with Gasteiger partial charge in [0.05, 0.1) is 10.0 Å². The Kier molecular flexibility index (Phi) is 6.38. The standard InChI is InChI=1S/C17H18Cl3N/c1-2-21-15(10-12-5-3-7-14(18)9-12)11-13-6-4-8-16(19)17(13)20/h3-9,15,21H,2,10-11H2,1H3. The number of hydrogen-bond acceptors (Lipinski definition) is 1. The molecule has 112 valence electrons. The predicted octanol–water partition coefficient (Wildman–Crippen LogP) is 5.41. The maximum atomic E-state index is 6.28. The summed E-state index contributed by atoms with van der Waals surface area (Å²) < 4.78 is 0. The first-order chi connectivity index (χ1) is 10.1. The quantitative estimate of drug-likeness (QED) is 0.740. The van der Waals surface area contributed by atoms with E-state index in [1.165, 1.54) is 5.56 Å². The molecule has 0 bridgehead atoms. The lowest BCUT2D eigenvalue weighted by Crippen LogP contribution is -2.33. The molecule has 0 saturated heterocycles. The van der Waals surface area contributed by atoms with E-state index in [0.717, 1.165) is 30.0 Å². The van der Waals surface area contributed by atoms with Crippen LogP contribution in [0, 0.1) is 0 Å². The second kappa shape index (κ2) is 8.05. The molecule has 2 aromatic carbocycles. The van der Waals surface area contributed by atoms with Gasteiger partial charge in [-0.05, 0) is 48.7 Å². The van der Waals surface area contributed by atoms with Crippen molar-refractivity contribution in [2.24, 2.45) is 0 Å². The van der Waals surface area contributed by atoms with Crippen LogP contribution in [0.25, 0.3) is 0 Å². The Morgan fingerprint density at radius 1 is 1.00 bits per heavy atom. The molecule has 0 heterocycles. The zero-order chi connectivity index (χ0) is 15.2. The van der Waals surface area contributed by atoms with Crippen molar-refractivity contribution < 1.29 is 0 Å². The first-order valence-corrected chi connectivity index (χ1v) is 8.14. The Labute approximate surface area is 141 Å². The maximum Gasteiger partial charge on any atom is 0.0624 e. The van der Waals surface area contributed by atoms with Crippen molar-refractivity contribution in [3.05, 3.63) is 68.7 Å². The molecule has 4 heteroatoms. The fraction of sp³-hybridized carbons (Fsp3) is 0.294. The minimum Gasteiger partial charge on any atom is -0.314 e. The molecule has 0 spiro atoms. The highest BCUT2D eigenvalue weighted by Crippen LogP contribution is 2.27. The minimum absolute atomic E-state index is 0.296. The van der Waals surface area contributed by atoms with Crippen molar-refractivity contribution in [1.29, 1.82) is 0 Å². The van der Waals surface area contributed by atoms with Crippen LogP contribution in [0.1, 0.15) is 18.1 Å². The number of rotatable bonds is 6. The second-order valence-corrected chi connectivity index (χ2v) is 6.23. The summed E-state index contributed by atoms with van der Waals surface area (Å²) in [5, 5.41) is 5.52. The molecule has 0 fully saturated rings. The van der Waals surface area contributed by atoms with Crippen molar-refractivity contribution in [2.75, 3.05) is 6.54 Å². The van der Waals surface area contributed by atoms with Gasteiger partial charge in [-0.1, -0.05) is 66.0 Å². The Bertz CT molecular complexity index is 598. The lowest BCUT2D eigenvalue weighted by Gasteiger charge is -2.19. The third-order valence-electron chi connectivity index (χ3n) is 3.36. The summed E-state index contributed by atoms with van der Waals surface area (Å²) in [6, 6.07) is 14.0. The summed E-state index contributed by atoms with van der Waals surface area (Å²) in [5.41, 5.74) is 2.28. The summed E-state index contributed by atoms with van der Waals surface area (Å²) >= 11 is 18.4. The van der Waals surface area contributed by atoms with Crippen LogP contribution >= 0.6 is 34.8 Å². The van der Waals surface area contributed by atoms with Gasteiger partial charge < -0.3 is 5.32 Å². The van der Waals surface area contributed by atoms with Crippen molar-refractivity contribution in [3.63, 3.8) is 0 Å². The topological polar surface area (TPSA) is 12.0 Å². The lowest BCUT2D eigenvalue weighted by molar-refractivity contribution is 0.521. The van der Waals surface area contributed by atoms with E-state index in [4.69, 9.17) is 34.8 Å². The molecule has 1 atom stereocenters. The van der Waals surface area contributed by atoms with E-state index in [1.807, 2.05) is 36.4 Å². The number of hydrogen-bond donors (Lipinski definition) is 1. The van der Waals surface area contributed by atoms with Crippen LogP contribution in [0.2, 0.25) is 15.1 Å². The van der Waals surface area contributed by atoms with Gasteiger partial charge in [0.2, 0.25) is 0 Å². The zero-order valence-electron chi connectivity index (χ0n) is 11.9. The molecule has 0 radical (unpaired) electrons. The van der Waals surface area contributed by atoms with Gasteiger partial charge in [0, 0.05) is 11.1 Å². The van der Waals surface area contributed by atoms with Crippen molar-refractivity contribution in [3.8, 4) is 0 Å². The Morgan fingerprint density at radius 3 is 2.48 bits per heavy atom. The number of likely N-dealkylation sites (N-methyl/N-ethyl adjacent to an activating group) is 1. The van der Waals surface area contributed by atoms with E-state index in [1.54, 1.807) is 0 Å². The third kappa shape index (κ3) is 4.89. The normalized spacial score (nSPS) is 12.4. The highest BCUT2D eigenvalue weighted by molar-refractivity contribution is 6.42. The molecule has 0 saturated carbocycles. The van der Waals surface area contributed by atoms with Gasteiger partial charge in [0.15, 0.2) is 0 Å². The molecule has 0 aromatic heterocycles. The Morgan fingerprint density at radius 2 is 1.76 bits per heavy atom. The third-order valence-corrected chi connectivity index (χ3v) is 4.45. The van der Waals surface area contributed by atoms with Crippen molar-refractivity contribution >= 4 is 34.8 Å². The number of halogens is 3. The zero-order valence-corrected chi connectivity index (χ0v) is 14.1.